The lowest BCUT2D eigenvalue weighted by Gasteiger charge is -2.12. The molecule has 0 rings (SSSR count). The molecule has 0 aromatic rings. The summed E-state index contributed by atoms with van der Waals surface area (Å²) in [6.07, 6.45) is 0.385. The van der Waals surface area contributed by atoms with Crippen LogP contribution in [0.2, 0.25) is 0 Å². The maximum absolute atomic E-state index is 11.3. The molecule has 0 fully saturated rings. The Morgan fingerprint density at radius 3 is 2.56 bits per heavy atom. The van der Waals surface area contributed by atoms with Crippen molar-refractivity contribution in [2.45, 2.75) is 33.2 Å². The van der Waals surface area contributed by atoms with Crippen LogP contribution in [0.25, 0.3) is 0 Å². The van der Waals surface area contributed by atoms with Crippen LogP contribution >= 0.6 is 0 Å². The van der Waals surface area contributed by atoms with E-state index in [1.54, 1.807) is 6.92 Å². The Hall–Kier alpha value is -1.30. The second kappa shape index (κ2) is 7.92. The molecule has 1 amide bonds. The largest absolute Gasteiger partial charge is 0.409 e. The first-order chi connectivity index (χ1) is 7.47. The summed E-state index contributed by atoms with van der Waals surface area (Å²) in [4.78, 5) is 11.3. The Morgan fingerprint density at radius 2 is 2.06 bits per heavy atom. The zero-order chi connectivity index (χ0) is 12.6. The second-order valence-electron chi connectivity index (χ2n) is 4.15. The predicted octanol–water partition coefficient (Wildman–Crippen LogP) is -0.127. The van der Waals surface area contributed by atoms with Crippen molar-refractivity contribution in [3.05, 3.63) is 0 Å². The van der Waals surface area contributed by atoms with E-state index in [0.29, 0.717) is 25.4 Å². The maximum Gasteiger partial charge on any atom is 0.221 e. The standard InChI is InChI=1S/C10H22N4O2/c1-7(2)6-13-9(15)4-5-12-8(3)10(11)14-16/h7-8,12,16H,4-6H2,1-3H3,(H2,11,14)(H,13,15). The van der Waals surface area contributed by atoms with Crippen LogP contribution in [0.1, 0.15) is 27.2 Å². The first kappa shape index (κ1) is 14.7. The van der Waals surface area contributed by atoms with Crippen molar-refractivity contribution in [3.63, 3.8) is 0 Å². The lowest BCUT2D eigenvalue weighted by molar-refractivity contribution is -0.121. The van der Waals surface area contributed by atoms with Crippen LogP contribution in [-0.2, 0) is 4.79 Å². The normalized spacial score (nSPS) is 13.9. The molecule has 5 N–H and O–H groups in total. The quantitative estimate of drug-likeness (QED) is 0.212. The molecule has 0 aliphatic rings. The molecule has 0 spiro atoms. The van der Waals surface area contributed by atoms with Gasteiger partial charge in [0.2, 0.25) is 5.91 Å². The number of rotatable bonds is 7. The van der Waals surface area contributed by atoms with Gasteiger partial charge in [-0.15, -0.1) is 0 Å². The van der Waals surface area contributed by atoms with Crippen molar-refractivity contribution in [2.24, 2.45) is 16.8 Å². The van der Waals surface area contributed by atoms with Gasteiger partial charge < -0.3 is 21.6 Å². The predicted molar refractivity (Wildman–Crippen MR) is 63.3 cm³/mol. The summed E-state index contributed by atoms with van der Waals surface area (Å²) in [5.74, 6) is 0.573. The van der Waals surface area contributed by atoms with Crippen LogP contribution in [-0.4, -0.2) is 36.1 Å². The van der Waals surface area contributed by atoms with Crippen LogP contribution in [0.3, 0.4) is 0 Å². The summed E-state index contributed by atoms with van der Waals surface area (Å²) in [6.45, 7) is 7.04. The number of amidine groups is 1. The Labute approximate surface area is 96.3 Å². The highest BCUT2D eigenvalue weighted by atomic mass is 16.4. The minimum absolute atomic E-state index is 0.00732. The van der Waals surface area contributed by atoms with Crippen molar-refractivity contribution in [3.8, 4) is 0 Å². The summed E-state index contributed by atoms with van der Waals surface area (Å²) in [7, 11) is 0. The molecule has 0 bridgehead atoms. The highest BCUT2D eigenvalue weighted by molar-refractivity contribution is 5.84. The Morgan fingerprint density at radius 1 is 1.44 bits per heavy atom. The summed E-state index contributed by atoms with van der Waals surface area (Å²) in [5.41, 5.74) is 5.37. The maximum atomic E-state index is 11.3. The van der Waals surface area contributed by atoms with Crippen LogP contribution in [0.5, 0.6) is 0 Å². The van der Waals surface area contributed by atoms with E-state index in [2.05, 4.69) is 15.8 Å². The third-order valence-corrected chi connectivity index (χ3v) is 2.07. The van der Waals surface area contributed by atoms with E-state index in [4.69, 9.17) is 10.9 Å². The van der Waals surface area contributed by atoms with Gasteiger partial charge in [0, 0.05) is 19.5 Å². The molecule has 6 nitrogen and oxygen atoms in total. The fraction of sp³-hybridized carbons (Fsp3) is 0.800. The van der Waals surface area contributed by atoms with Crippen molar-refractivity contribution in [1.82, 2.24) is 10.6 Å². The van der Waals surface area contributed by atoms with E-state index < -0.39 is 0 Å². The van der Waals surface area contributed by atoms with Gasteiger partial charge in [0.15, 0.2) is 5.84 Å². The molecule has 0 heterocycles. The third kappa shape index (κ3) is 7.05. The summed E-state index contributed by atoms with van der Waals surface area (Å²) in [6, 6.07) is -0.233. The Bertz CT molecular complexity index is 241. The van der Waals surface area contributed by atoms with E-state index in [0.717, 1.165) is 0 Å². The van der Waals surface area contributed by atoms with Crippen molar-refractivity contribution in [1.29, 1.82) is 0 Å². The van der Waals surface area contributed by atoms with Gasteiger partial charge in [0.1, 0.15) is 0 Å². The van der Waals surface area contributed by atoms with E-state index in [-0.39, 0.29) is 17.8 Å². The van der Waals surface area contributed by atoms with E-state index in [9.17, 15) is 4.79 Å². The smallest absolute Gasteiger partial charge is 0.221 e. The fourth-order valence-corrected chi connectivity index (χ4v) is 1.000. The van der Waals surface area contributed by atoms with Gasteiger partial charge in [-0.3, -0.25) is 4.79 Å². The summed E-state index contributed by atoms with van der Waals surface area (Å²) < 4.78 is 0. The first-order valence-corrected chi connectivity index (χ1v) is 5.44. The van der Waals surface area contributed by atoms with Gasteiger partial charge in [-0.1, -0.05) is 19.0 Å². The molecule has 0 radical (unpaired) electrons. The lowest BCUT2D eigenvalue weighted by atomic mass is 10.2. The van der Waals surface area contributed by atoms with Crippen molar-refractivity contribution >= 4 is 11.7 Å². The molecule has 0 saturated carbocycles. The molecule has 6 heteroatoms. The number of carbonyl (C=O) groups excluding carboxylic acids is 1. The van der Waals surface area contributed by atoms with Crippen LogP contribution in [0, 0.1) is 5.92 Å². The molecule has 0 aromatic heterocycles. The topological polar surface area (TPSA) is 99.7 Å². The minimum Gasteiger partial charge on any atom is -0.409 e. The molecule has 1 unspecified atom stereocenters. The fourth-order valence-electron chi connectivity index (χ4n) is 1.000. The highest BCUT2D eigenvalue weighted by Gasteiger charge is 2.07. The zero-order valence-corrected chi connectivity index (χ0v) is 10.2. The van der Waals surface area contributed by atoms with Gasteiger partial charge in [0.05, 0.1) is 6.04 Å². The molecular weight excluding hydrogens is 208 g/mol. The second-order valence-corrected chi connectivity index (χ2v) is 4.15. The highest BCUT2D eigenvalue weighted by Crippen LogP contribution is 1.88. The Kier molecular flexibility index (Phi) is 7.28. The average molecular weight is 230 g/mol. The summed E-state index contributed by atoms with van der Waals surface area (Å²) >= 11 is 0. The Balaban J connectivity index is 3.62. The van der Waals surface area contributed by atoms with Crippen LogP contribution in [0.15, 0.2) is 5.16 Å². The van der Waals surface area contributed by atoms with E-state index in [1.807, 2.05) is 13.8 Å². The molecule has 0 aromatic carbocycles. The molecule has 16 heavy (non-hydrogen) atoms. The first-order valence-electron chi connectivity index (χ1n) is 5.44. The lowest BCUT2D eigenvalue weighted by Crippen LogP contribution is -2.40. The monoisotopic (exact) mass is 230 g/mol. The number of amides is 1. The molecule has 0 aliphatic heterocycles. The number of hydrogen-bond acceptors (Lipinski definition) is 4. The number of carbonyl (C=O) groups is 1. The van der Waals surface area contributed by atoms with Gasteiger partial charge in [-0.2, -0.15) is 0 Å². The minimum atomic E-state index is -0.233. The number of nitrogens with zero attached hydrogens (tertiary/aromatic N) is 1. The van der Waals surface area contributed by atoms with Gasteiger partial charge in [-0.05, 0) is 12.8 Å². The number of nitrogens with two attached hydrogens (primary N) is 1. The number of hydrogen-bond donors (Lipinski definition) is 4. The van der Waals surface area contributed by atoms with Gasteiger partial charge in [-0.25, -0.2) is 0 Å². The zero-order valence-electron chi connectivity index (χ0n) is 10.2. The van der Waals surface area contributed by atoms with E-state index in [1.165, 1.54) is 0 Å². The molecule has 0 saturated heterocycles. The van der Waals surface area contributed by atoms with Crippen LogP contribution < -0.4 is 16.4 Å². The number of oxime groups is 1. The van der Waals surface area contributed by atoms with Crippen molar-refractivity contribution < 1.29 is 10.0 Å². The van der Waals surface area contributed by atoms with Crippen LogP contribution in [0.4, 0.5) is 0 Å². The van der Waals surface area contributed by atoms with Gasteiger partial charge >= 0.3 is 0 Å². The van der Waals surface area contributed by atoms with Gasteiger partial charge in [0.25, 0.3) is 0 Å². The summed E-state index contributed by atoms with van der Waals surface area (Å²) in [5, 5.41) is 17.1. The molecular formula is C10H22N4O2. The van der Waals surface area contributed by atoms with Crippen molar-refractivity contribution in [2.75, 3.05) is 13.1 Å². The SMILES string of the molecule is CC(C)CNC(=O)CCNC(C)C(N)=NO. The molecule has 94 valence electrons. The number of nitrogens with one attached hydrogen (secondary N) is 2. The molecule has 1 atom stereocenters. The average Bonchev–Trinajstić information content (AvgIpc) is 2.24. The molecule has 0 aliphatic carbocycles. The van der Waals surface area contributed by atoms with E-state index >= 15 is 0 Å². The third-order valence-electron chi connectivity index (χ3n) is 2.07.